The lowest BCUT2D eigenvalue weighted by molar-refractivity contribution is 0.688. The van der Waals surface area contributed by atoms with Crippen LogP contribution in [0.3, 0.4) is 0 Å². The summed E-state index contributed by atoms with van der Waals surface area (Å²) >= 11 is 4.62. The molecular weight excluding hydrogens is 240 g/mol. The third kappa shape index (κ3) is 6.59. The molecule has 0 heterocycles. The van der Waals surface area contributed by atoms with Gasteiger partial charge in [0.1, 0.15) is 6.61 Å². The second kappa shape index (κ2) is 6.01. The van der Waals surface area contributed by atoms with E-state index in [1.54, 1.807) is 0 Å². The highest BCUT2D eigenvalue weighted by Gasteiger charge is 2.25. The summed E-state index contributed by atoms with van der Waals surface area (Å²) in [5.41, 5.74) is 0. The molecule has 86 valence electrons. The molecule has 0 aliphatic rings. The first-order chi connectivity index (χ1) is 6.22. The molecule has 0 spiro atoms. The van der Waals surface area contributed by atoms with Gasteiger partial charge in [0.05, 0.1) is 0 Å². The van der Waals surface area contributed by atoms with Gasteiger partial charge in [-0.25, -0.2) is 0 Å². The van der Waals surface area contributed by atoms with Crippen molar-refractivity contribution in [2.75, 3.05) is 0 Å². The maximum atomic E-state index is 2.40. The highest BCUT2D eigenvalue weighted by molar-refractivity contribution is 8.59. The fourth-order valence-corrected chi connectivity index (χ4v) is 26.4. The first kappa shape index (κ1) is 15.1. The van der Waals surface area contributed by atoms with Crippen LogP contribution in [-0.2, 0) is 0 Å². The molecule has 0 saturated carbocycles. The minimum absolute atomic E-state index is 0.515. The van der Waals surface area contributed by atoms with E-state index in [4.69, 9.17) is 0 Å². The molecular formula is C10H26S2Si2. The van der Waals surface area contributed by atoms with Gasteiger partial charge < -0.3 is 0 Å². The molecule has 0 aromatic rings. The smallest absolute Gasteiger partial charge is 0.142 e. The summed E-state index contributed by atoms with van der Waals surface area (Å²) in [6.45, 7) is 13.7. The Morgan fingerprint density at radius 3 is 1.43 bits per heavy atom. The van der Waals surface area contributed by atoms with Gasteiger partial charge in [-0.1, -0.05) is 41.5 Å². The molecule has 0 aromatic carbocycles. The third-order valence-corrected chi connectivity index (χ3v) is 17.0. The van der Waals surface area contributed by atoms with Crippen LogP contribution in [0, 0.1) is 0 Å². The molecule has 14 heavy (non-hydrogen) atoms. The predicted molar refractivity (Wildman–Crippen MR) is 81.0 cm³/mol. The van der Waals surface area contributed by atoms with Crippen LogP contribution in [0.5, 0.6) is 0 Å². The summed E-state index contributed by atoms with van der Waals surface area (Å²) in [5, 5.41) is 0. The first-order valence-corrected chi connectivity index (χ1v) is 14.8. The van der Waals surface area contributed by atoms with Crippen LogP contribution in [0.2, 0.25) is 0 Å². The maximum absolute atomic E-state index is 2.40. The summed E-state index contributed by atoms with van der Waals surface area (Å²) in [6, 6.07) is 0. The van der Waals surface area contributed by atoms with Crippen LogP contribution in [0.1, 0.15) is 54.4 Å². The zero-order valence-corrected chi connectivity index (χ0v) is 15.6. The zero-order valence-electron chi connectivity index (χ0n) is 10.8. The molecule has 0 aliphatic carbocycles. The molecule has 0 saturated heterocycles. The van der Waals surface area contributed by atoms with Gasteiger partial charge in [0.2, 0.25) is 0 Å². The molecule has 0 bridgehead atoms. The highest BCUT2D eigenvalue weighted by atomic mass is 32.6. The summed E-state index contributed by atoms with van der Waals surface area (Å²) in [6.07, 6.45) is 2.60. The van der Waals surface area contributed by atoms with Gasteiger partial charge in [-0.3, -0.25) is 0 Å². The summed E-state index contributed by atoms with van der Waals surface area (Å²) in [5.74, 6) is 0. The largest absolute Gasteiger partial charge is 0.174 e. The normalized spacial score (nSPS) is 13.9. The van der Waals surface area contributed by atoms with Gasteiger partial charge >= 0.3 is 0 Å². The van der Waals surface area contributed by atoms with E-state index >= 15 is 0 Å². The minimum Gasteiger partial charge on any atom is -0.174 e. The van der Waals surface area contributed by atoms with Gasteiger partial charge in [-0.15, -0.1) is 0 Å². The van der Waals surface area contributed by atoms with E-state index in [9.17, 15) is 0 Å². The van der Waals surface area contributed by atoms with Crippen LogP contribution < -0.4 is 0 Å². The number of hydrogen-bond donors (Lipinski definition) is 0. The van der Waals surface area contributed by atoms with Crippen molar-refractivity contribution in [1.82, 2.24) is 0 Å². The van der Waals surface area contributed by atoms with Crippen LogP contribution in [0.25, 0.3) is 0 Å². The van der Waals surface area contributed by atoms with Gasteiger partial charge in [0, 0.05) is 19.3 Å². The average Bonchev–Trinajstić information content (AvgIpc) is 2.02. The molecule has 0 aliphatic heterocycles. The fourth-order valence-electron chi connectivity index (χ4n) is 1.09. The average molecular weight is 267 g/mol. The lowest BCUT2D eigenvalue weighted by Crippen LogP contribution is -2.25. The van der Waals surface area contributed by atoms with E-state index in [-0.39, 0.29) is 0 Å². The Morgan fingerprint density at radius 1 is 0.929 bits per heavy atom. The Bertz CT molecular complexity index is 152. The van der Waals surface area contributed by atoms with Crippen LogP contribution >= 0.6 is 22.4 Å². The van der Waals surface area contributed by atoms with E-state index in [2.05, 4.69) is 64.0 Å². The molecule has 4 heteroatoms. The minimum atomic E-state index is -0.515. The van der Waals surface area contributed by atoms with Crippen molar-refractivity contribution < 1.29 is 0 Å². The number of rotatable bonds is 6. The van der Waals surface area contributed by atoms with Crippen molar-refractivity contribution in [2.24, 2.45) is 0 Å². The second-order valence-electron chi connectivity index (χ2n) is 5.03. The molecule has 0 amide bonds. The predicted octanol–water partition coefficient (Wildman–Crippen LogP) is 2.91. The summed E-state index contributed by atoms with van der Waals surface area (Å²) in [4.78, 5) is 0. The molecule has 0 unspecified atom stereocenters. The Labute approximate surface area is 102 Å². The molecule has 0 N–H and O–H groups in total. The zero-order chi connectivity index (χ0) is 11.4. The third-order valence-electron chi connectivity index (χ3n) is 2.67. The van der Waals surface area contributed by atoms with Crippen LogP contribution in [0.4, 0.5) is 0 Å². The second-order valence-corrected chi connectivity index (χ2v) is 23.9. The van der Waals surface area contributed by atoms with Crippen LogP contribution in [-0.4, -0.2) is 25.9 Å². The lowest BCUT2D eigenvalue weighted by atomic mass is 10.1. The lowest BCUT2D eigenvalue weighted by Gasteiger charge is -2.31. The van der Waals surface area contributed by atoms with Crippen molar-refractivity contribution in [3.63, 3.8) is 0 Å². The van der Waals surface area contributed by atoms with Gasteiger partial charge in [0.15, 0.2) is 0 Å². The monoisotopic (exact) mass is 266 g/mol. The summed E-state index contributed by atoms with van der Waals surface area (Å²) in [7, 11) is 1.42. The molecule has 0 radical (unpaired) electrons. The Hall–Kier alpha value is 1.13. The molecule has 0 atom stereocenters. The van der Waals surface area contributed by atoms with Crippen molar-refractivity contribution in [2.45, 2.75) is 63.9 Å². The van der Waals surface area contributed by atoms with E-state index in [1.807, 2.05) is 0 Å². The Kier molecular flexibility index (Phi) is 6.50. The highest BCUT2D eigenvalue weighted by Crippen LogP contribution is 2.38. The molecule has 0 aromatic heterocycles. The Morgan fingerprint density at radius 2 is 1.21 bits per heavy atom. The molecule has 0 fully saturated rings. The van der Waals surface area contributed by atoms with Crippen LogP contribution in [0.15, 0.2) is 0 Å². The van der Waals surface area contributed by atoms with E-state index in [0.29, 0.717) is 9.49 Å². The number of hydrogen-bond acceptors (Lipinski definition) is 2. The molecule has 0 nitrogen and oxygen atoms in total. The topological polar surface area (TPSA) is 0 Å². The quantitative estimate of drug-likeness (QED) is 0.678. The van der Waals surface area contributed by atoms with Gasteiger partial charge in [0.25, 0.3) is 0 Å². The summed E-state index contributed by atoms with van der Waals surface area (Å²) < 4.78 is 1.05. The SMILES string of the molecule is CCC(C)(C)S[SiH]([SiH3])SC(C)(C)CC. The standard InChI is InChI=1S/C10H26S2Si2/c1-7-9(3,4)11-14(13)12-10(5,6)8-2/h14H,7-8H2,1-6,13H3. The van der Waals surface area contributed by atoms with Crippen molar-refractivity contribution >= 4 is 38.8 Å². The first-order valence-electron chi connectivity index (χ1n) is 5.58. The van der Waals surface area contributed by atoms with Gasteiger partial charge in [-0.05, 0) is 12.8 Å². The van der Waals surface area contributed by atoms with Crippen molar-refractivity contribution in [3.05, 3.63) is 0 Å². The van der Waals surface area contributed by atoms with Crippen molar-refractivity contribution in [1.29, 1.82) is 0 Å². The van der Waals surface area contributed by atoms with E-state index in [0.717, 1.165) is 0 Å². The Balaban J connectivity index is 4.04. The van der Waals surface area contributed by atoms with E-state index < -0.39 is 6.61 Å². The fraction of sp³-hybridized carbons (Fsp3) is 1.00. The maximum Gasteiger partial charge on any atom is 0.142 e. The van der Waals surface area contributed by atoms with Crippen molar-refractivity contribution in [3.8, 4) is 0 Å². The van der Waals surface area contributed by atoms with E-state index in [1.165, 1.54) is 22.6 Å². The molecule has 0 rings (SSSR count). The van der Waals surface area contributed by atoms with Gasteiger partial charge in [-0.2, -0.15) is 22.4 Å².